The average Bonchev–Trinajstić information content (AvgIpc) is 3.35. The normalized spacial score (nSPS) is 20.3. The van der Waals surface area contributed by atoms with Gasteiger partial charge in [-0.15, -0.1) is 0 Å². The summed E-state index contributed by atoms with van der Waals surface area (Å²) >= 11 is 0. The zero-order chi connectivity index (χ0) is 25.8. The molecule has 1 aromatic heterocycles. The minimum absolute atomic E-state index is 0.00170. The lowest BCUT2D eigenvalue weighted by Crippen LogP contribution is -2.50. The summed E-state index contributed by atoms with van der Waals surface area (Å²) in [5, 5.41) is 7.84. The van der Waals surface area contributed by atoms with E-state index < -0.39 is 41.2 Å². The first-order chi connectivity index (χ1) is 16.5. The number of halogens is 5. The summed E-state index contributed by atoms with van der Waals surface area (Å²) in [5.41, 5.74) is -0.526. The van der Waals surface area contributed by atoms with Crippen LogP contribution in [0.1, 0.15) is 37.0 Å². The van der Waals surface area contributed by atoms with Gasteiger partial charge in [-0.2, -0.15) is 28.2 Å². The highest BCUT2D eigenvalue weighted by molar-refractivity contribution is 5.98. The molecule has 0 saturated carbocycles. The maximum atomic E-state index is 14.9. The smallest absolute Gasteiger partial charge is 0.333 e. The second kappa shape index (κ2) is 10.9. The minimum atomic E-state index is -4.40. The van der Waals surface area contributed by atoms with Crippen molar-refractivity contribution in [2.75, 3.05) is 13.1 Å². The Balaban J connectivity index is 1.91. The predicted molar refractivity (Wildman–Crippen MR) is 121 cm³/mol. The van der Waals surface area contributed by atoms with Crippen LogP contribution in [0.3, 0.4) is 0 Å². The zero-order valence-electron chi connectivity index (χ0n) is 19.2. The minimum Gasteiger partial charge on any atom is -0.333 e. The highest BCUT2D eigenvalue weighted by Gasteiger charge is 2.36. The number of hydrogen-bond acceptors (Lipinski definition) is 4. The number of nitrogens with zero attached hydrogens (tertiary/aromatic N) is 6. The van der Waals surface area contributed by atoms with E-state index in [9.17, 15) is 26.7 Å². The van der Waals surface area contributed by atoms with E-state index in [0.717, 1.165) is 36.4 Å². The number of carbonyl (C=O) groups is 1. The summed E-state index contributed by atoms with van der Waals surface area (Å²) < 4.78 is 67.3. The van der Waals surface area contributed by atoms with E-state index in [2.05, 4.69) is 26.9 Å². The van der Waals surface area contributed by atoms with Gasteiger partial charge >= 0.3 is 6.18 Å². The van der Waals surface area contributed by atoms with Gasteiger partial charge in [-0.05, 0) is 43.7 Å². The van der Waals surface area contributed by atoms with Crippen LogP contribution in [0.15, 0.2) is 46.7 Å². The van der Waals surface area contributed by atoms with Crippen LogP contribution < -0.4 is 0 Å². The molecule has 0 spiro atoms. The van der Waals surface area contributed by atoms with Crippen molar-refractivity contribution >= 4 is 18.5 Å². The Kier molecular flexibility index (Phi) is 8.13. The SMILES string of the molecule is C=NC(/C=C\C(C)C(F)(F)F)=NCC1C(C)CCCN1C(=O)c1c(-n2nccn2)ccc(F)c1F. The molecule has 0 radical (unpaired) electrons. The Morgan fingerprint density at radius 1 is 1.29 bits per heavy atom. The van der Waals surface area contributed by atoms with Crippen molar-refractivity contribution < 1.29 is 26.7 Å². The lowest BCUT2D eigenvalue weighted by atomic mass is 9.90. The summed E-state index contributed by atoms with van der Waals surface area (Å²) in [6.45, 7) is 6.50. The van der Waals surface area contributed by atoms with Crippen LogP contribution in [0.25, 0.3) is 5.69 Å². The van der Waals surface area contributed by atoms with Crippen LogP contribution in [0.4, 0.5) is 22.0 Å². The van der Waals surface area contributed by atoms with Crippen LogP contribution in [-0.2, 0) is 0 Å². The molecule has 2 aromatic rings. The van der Waals surface area contributed by atoms with E-state index in [1.165, 1.54) is 23.4 Å². The summed E-state index contributed by atoms with van der Waals surface area (Å²) in [6.07, 6.45) is 1.71. The third-order valence-electron chi connectivity index (χ3n) is 5.95. The molecule has 7 nitrogen and oxygen atoms in total. The van der Waals surface area contributed by atoms with Gasteiger partial charge in [0.1, 0.15) is 17.1 Å². The van der Waals surface area contributed by atoms with Gasteiger partial charge in [0.2, 0.25) is 0 Å². The summed E-state index contributed by atoms with van der Waals surface area (Å²) in [5.74, 6) is -5.05. The molecular weight excluding hydrogens is 471 g/mol. The first kappa shape index (κ1) is 26.2. The maximum absolute atomic E-state index is 14.9. The van der Waals surface area contributed by atoms with E-state index in [1.807, 2.05) is 6.92 Å². The van der Waals surface area contributed by atoms with Gasteiger partial charge in [-0.3, -0.25) is 9.79 Å². The van der Waals surface area contributed by atoms with Crippen molar-refractivity contribution in [2.24, 2.45) is 21.8 Å². The van der Waals surface area contributed by atoms with Crippen molar-refractivity contribution in [1.82, 2.24) is 19.9 Å². The molecule has 3 rings (SSSR count). The Hall–Kier alpha value is -3.44. The predicted octanol–water partition coefficient (Wildman–Crippen LogP) is 4.64. The molecule has 188 valence electrons. The van der Waals surface area contributed by atoms with Gasteiger partial charge in [-0.25, -0.2) is 13.8 Å². The van der Waals surface area contributed by atoms with E-state index in [-0.39, 0.29) is 30.5 Å². The van der Waals surface area contributed by atoms with Gasteiger partial charge in [0.15, 0.2) is 11.6 Å². The van der Waals surface area contributed by atoms with Crippen LogP contribution in [0.5, 0.6) is 0 Å². The number of aliphatic imine (C=N–C) groups is 2. The number of rotatable bonds is 6. The van der Waals surface area contributed by atoms with E-state index in [4.69, 9.17) is 0 Å². The van der Waals surface area contributed by atoms with Gasteiger partial charge in [0, 0.05) is 6.54 Å². The number of alkyl halides is 3. The monoisotopic (exact) mass is 496 g/mol. The van der Waals surface area contributed by atoms with Crippen LogP contribution in [0.2, 0.25) is 0 Å². The fourth-order valence-electron chi connectivity index (χ4n) is 3.86. The molecule has 1 aromatic carbocycles. The second-order valence-electron chi connectivity index (χ2n) is 8.31. The molecule has 1 aliphatic heterocycles. The number of likely N-dealkylation sites (tertiary alicyclic amines) is 1. The molecule has 35 heavy (non-hydrogen) atoms. The van der Waals surface area contributed by atoms with Gasteiger partial charge in [0.25, 0.3) is 5.91 Å². The van der Waals surface area contributed by atoms with E-state index in [0.29, 0.717) is 6.42 Å². The quantitative estimate of drug-likeness (QED) is 0.332. The Morgan fingerprint density at radius 2 is 1.97 bits per heavy atom. The van der Waals surface area contributed by atoms with Crippen LogP contribution in [-0.4, -0.2) is 63.7 Å². The lowest BCUT2D eigenvalue weighted by Gasteiger charge is -2.39. The largest absolute Gasteiger partial charge is 0.394 e. The Labute approximate surface area is 199 Å². The van der Waals surface area contributed by atoms with E-state index in [1.54, 1.807) is 0 Å². The van der Waals surface area contributed by atoms with Crippen LogP contribution >= 0.6 is 0 Å². The molecule has 3 atom stereocenters. The molecule has 1 saturated heterocycles. The molecule has 0 aliphatic carbocycles. The fraction of sp³-hybridized carbons (Fsp3) is 0.435. The summed E-state index contributed by atoms with van der Waals surface area (Å²) in [6, 6.07) is 1.59. The van der Waals surface area contributed by atoms with E-state index >= 15 is 0 Å². The Morgan fingerprint density at radius 3 is 2.60 bits per heavy atom. The zero-order valence-corrected chi connectivity index (χ0v) is 19.2. The van der Waals surface area contributed by atoms with Gasteiger partial charge < -0.3 is 4.90 Å². The highest BCUT2D eigenvalue weighted by atomic mass is 19.4. The number of piperidine rings is 1. The van der Waals surface area contributed by atoms with Crippen molar-refractivity contribution in [2.45, 2.75) is 38.9 Å². The highest BCUT2D eigenvalue weighted by Crippen LogP contribution is 2.29. The number of hydrogen-bond donors (Lipinski definition) is 0. The lowest BCUT2D eigenvalue weighted by molar-refractivity contribution is -0.156. The molecule has 1 amide bonds. The van der Waals surface area contributed by atoms with Gasteiger partial charge in [0.05, 0.1) is 30.9 Å². The average molecular weight is 496 g/mol. The molecule has 3 unspecified atom stereocenters. The first-order valence-corrected chi connectivity index (χ1v) is 11.0. The van der Waals surface area contributed by atoms with Crippen LogP contribution in [0, 0.1) is 23.5 Å². The molecule has 1 fully saturated rings. The van der Waals surface area contributed by atoms with Crippen molar-refractivity contribution in [1.29, 1.82) is 0 Å². The number of benzene rings is 1. The number of aromatic nitrogens is 3. The molecular formula is C23H25F5N6O. The summed E-state index contributed by atoms with van der Waals surface area (Å²) in [4.78, 5) is 23.9. The molecule has 12 heteroatoms. The fourth-order valence-corrected chi connectivity index (χ4v) is 3.86. The molecule has 0 bridgehead atoms. The molecule has 1 aliphatic rings. The van der Waals surface area contributed by atoms with Crippen molar-refractivity contribution in [3.8, 4) is 5.69 Å². The third kappa shape index (κ3) is 5.98. The third-order valence-corrected chi connectivity index (χ3v) is 5.95. The number of amidine groups is 1. The van der Waals surface area contributed by atoms with Crippen molar-refractivity contribution in [3.63, 3.8) is 0 Å². The number of carbonyl (C=O) groups excluding carboxylic acids is 1. The topological polar surface area (TPSA) is 75.7 Å². The second-order valence-corrected chi connectivity index (χ2v) is 8.31. The van der Waals surface area contributed by atoms with Gasteiger partial charge in [-0.1, -0.05) is 19.9 Å². The standard InChI is InChI=1S/C23H25F5N6O/c1-14-5-4-12-33(18(14)13-30-19(29-3)9-6-15(2)23(26,27)28)22(35)20-17(34-31-10-11-32-34)8-7-16(24)21(20)25/h6-11,14-15,18H,3-5,12-13H2,1-2H3/b9-6-,30-19?. The van der Waals surface area contributed by atoms with Crippen molar-refractivity contribution in [3.05, 3.63) is 53.9 Å². The summed E-state index contributed by atoms with van der Waals surface area (Å²) in [7, 11) is 0. The first-order valence-electron chi connectivity index (χ1n) is 11.0. The molecule has 2 heterocycles. The maximum Gasteiger partial charge on any atom is 0.394 e. The number of allylic oxidation sites excluding steroid dienone is 1. The molecule has 0 N–H and O–H groups in total. The number of amides is 1. The Bertz CT molecular complexity index is 1110.